The fourth-order valence-electron chi connectivity index (χ4n) is 5.18. The first kappa shape index (κ1) is 17.3. The van der Waals surface area contributed by atoms with E-state index in [2.05, 4.69) is 33.4 Å². The third-order valence-electron chi connectivity index (χ3n) is 6.48. The summed E-state index contributed by atoms with van der Waals surface area (Å²) < 4.78 is 0. The summed E-state index contributed by atoms with van der Waals surface area (Å²) in [6.07, 6.45) is 7.46. The van der Waals surface area contributed by atoms with E-state index in [1.165, 1.54) is 5.57 Å². The SMILES string of the molecule is C=C/C=C(\C)[C@H]1CC[C@]2(C)[C@@H](O)[C@@H](CCC(=O)O)C[C@H]2[C@@H]1C. The largest absolute Gasteiger partial charge is 0.481 e. The predicted octanol–water partition coefficient (Wildman–Crippen LogP) is 4.03. The number of carboxylic acids is 1. The Kier molecular flexibility index (Phi) is 5.16. The summed E-state index contributed by atoms with van der Waals surface area (Å²) in [4.78, 5) is 10.8. The average Bonchev–Trinajstić information content (AvgIpc) is 2.70. The van der Waals surface area contributed by atoms with Gasteiger partial charge in [-0.15, -0.1) is 0 Å². The molecule has 0 spiro atoms. The Labute approximate surface area is 134 Å². The fourth-order valence-corrected chi connectivity index (χ4v) is 5.18. The zero-order valence-corrected chi connectivity index (χ0v) is 14.1. The van der Waals surface area contributed by atoms with Gasteiger partial charge in [-0.2, -0.15) is 0 Å². The molecule has 2 aliphatic rings. The molecule has 0 amide bonds. The van der Waals surface area contributed by atoms with Crippen LogP contribution in [0.15, 0.2) is 24.3 Å². The van der Waals surface area contributed by atoms with Crippen molar-refractivity contribution < 1.29 is 15.0 Å². The smallest absolute Gasteiger partial charge is 0.303 e. The summed E-state index contributed by atoms with van der Waals surface area (Å²) in [5, 5.41) is 19.7. The number of hydrogen-bond donors (Lipinski definition) is 2. The van der Waals surface area contributed by atoms with Crippen LogP contribution in [0, 0.1) is 29.1 Å². The number of carbonyl (C=O) groups is 1. The van der Waals surface area contributed by atoms with Crippen LogP contribution in [0.1, 0.15) is 52.9 Å². The van der Waals surface area contributed by atoms with E-state index in [1.807, 2.05) is 6.08 Å². The highest BCUT2D eigenvalue weighted by Gasteiger charge is 2.55. The number of aliphatic hydroxyl groups excluding tert-OH is 1. The van der Waals surface area contributed by atoms with Gasteiger partial charge in [-0.05, 0) is 61.7 Å². The van der Waals surface area contributed by atoms with E-state index in [9.17, 15) is 9.90 Å². The maximum Gasteiger partial charge on any atom is 0.303 e. The molecular formula is C19H30O3. The molecule has 0 aromatic heterocycles. The van der Waals surface area contributed by atoms with Crippen molar-refractivity contribution in [2.24, 2.45) is 29.1 Å². The summed E-state index contributed by atoms with van der Waals surface area (Å²) in [6, 6.07) is 0. The molecule has 22 heavy (non-hydrogen) atoms. The van der Waals surface area contributed by atoms with E-state index in [0.717, 1.165) is 19.3 Å². The van der Waals surface area contributed by atoms with Crippen LogP contribution in [0.3, 0.4) is 0 Å². The Morgan fingerprint density at radius 3 is 2.73 bits per heavy atom. The molecule has 0 aromatic rings. The molecule has 3 heteroatoms. The maximum absolute atomic E-state index is 10.8. The van der Waals surface area contributed by atoms with Crippen molar-refractivity contribution in [1.82, 2.24) is 0 Å². The van der Waals surface area contributed by atoms with Gasteiger partial charge in [0, 0.05) is 6.42 Å². The molecule has 0 aromatic carbocycles. The Balaban J connectivity index is 2.15. The quantitative estimate of drug-likeness (QED) is 0.754. The van der Waals surface area contributed by atoms with Crippen LogP contribution in [0.25, 0.3) is 0 Å². The molecular weight excluding hydrogens is 276 g/mol. The molecule has 0 saturated heterocycles. The van der Waals surface area contributed by atoms with Gasteiger partial charge in [0.1, 0.15) is 0 Å². The lowest BCUT2D eigenvalue weighted by Gasteiger charge is -2.47. The lowest BCUT2D eigenvalue weighted by atomic mass is 9.59. The van der Waals surface area contributed by atoms with Crippen molar-refractivity contribution in [3.63, 3.8) is 0 Å². The number of rotatable bonds is 5. The monoisotopic (exact) mass is 306 g/mol. The average molecular weight is 306 g/mol. The van der Waals surface area contributed by atoms with Gasteiger partial charge in [0.15, 0.2) is 0 Å². The number of aliphatic hydroxyl groups is 1. The minimum atomic E-state index is -0.761. The first-order valence-electron chi connectivity index (χ1n) is 8.50. The van der Waals surface area contributed by atoms with Gasteiger partial charge in [-0.3, -0.25) is 4.79 Å². The van der Waals surface area contributed by atoms with Gasteiger partial charge < -0.3 is 10.2 Å². The number of allylic oxidation sites excluding steroid dienone is 3. The summed E-state index contributed by atoms with van der Waals surface area (Å²) in [5.74, 6) is 0.938. The predicted molar refractivity (Wildman–Crippen MR) is 88.4 cm³/mol. The van der Waals surface area contributed by atoms with Crippen LogP contribution in [-0.2, 0) is 4.79 Å². The molecule has 2 aliphatic carbocycles. The number of carboxylic acid groups (broad SMARTS) is 1. The van der Waals surface area contributed by atoms with Crippen molar-refractivity contribution in [3.05, 3.63) is 24.3 Å². The molecule has 2 N–H and O–H groups in total. The highest BCUT2D eigenvalue weighted by atomic mass is 16.4. The van der Waals surface area contributed by atoms with E-state index >= 15 is 0 Å². The highest BCUT2D eigenvalue weighted by molar-refractivity contribution is 5.66. The zero-order chi connectivity index (χ0) is 16.5. The third-order valence-corrected chi connectivity index (χ3v) is 6.48. The molecule has 0 radical (unpaired) electrons. The van der Waals surface area contributed by atoms with Crippen molar-refractivity contribution in [2.75, 3.05) is 0 Å². The van der Waals surface area contributed by atoms with Crippen LogP contribution in [0.2, 0.25) is 0 Å². The minimum absolute atomic E-state index is 0.0481. The molecule has 2 fully saturated rings. The molecule has 2 saturated carbocycles. The Bertz CT molecular complexity index is 467. The van der Waals surface area contributed by atoms with Crippen molar-refractivity contribution in [1.29, 1.82) is 0 Å². The van der Waals surface area contributed by atoms with Gasteiger partial charge in [0.25, 0.3) is 0 Å². The molecule has 0 bridgehead atoms. The van der Waals surface area contributed by atoms with Crippen LogP contribution < -0.4 is 0 Å². The van der Waals surface area contributed by atoms with E-state index in [-0.39, 0.29) is 23.9 Å². The lowest BCUT2D eigenvalue weighted by molar-refractivity contribution is -0.137. The maximum atomic E-state index is 10.8. The van der Waals surface area contributed by atoms with Crippen LogP contribution in [0.4, 0.5) is 0 Å². The summed E-state index contributed by atoms with van der Waals surface area (Å²) >= 11 is 0. The van der Waals surface area contributed by atoms with Crippen LogP contribution >= 0.6 is 0 Å². The van der Waals surface area contributed by atoms with Gasteiger partial charge >= 0.3 is 5.97 Å². The van der Waals surface area contributed by atoms with Gasteiger partial charge in [0.05, 0.1) is 6.10 Å². The summed E-state index contributed by atoms with van der Waals surface area (Å²) in [5.41, 5.74) is 1.33. The van der Waals surface area contributed by atoms with Gasteiger partial charge in [-0.25, -0.2) is 0 Å². The van der Waals surface area contributed by atoms with E-state index in [1.54, 1.807) is 0 Å². The van der Waals surface area contributed by atoms with E-state index in [0.29, 0.717) is 24.2 Å². The number of aliphatic carboxylic acids is 1. The molecule has 0 unspecified atom stereocenters. The first-order valence-corrected chi connectivity index (χ1v) is 8.50. The first-order chi connectivity index (χ1) is 10.3. The van der Waals surface area contributed by atoms with E-state index in [4.69, 9.17) is 5.11 Å². The Morgan fingerprint density at radius 1 is 1.45 bits per heavy atom. The molecule has 0 heterocycles. The van der Waals surface area contributed by atoms with Crippen LogP contribution in [-0.4, -0.2) is 22.3 Å². The topological polar surface area (TPSA) is 57.5 Å². The second-order valence-corrected chi connectivity index (χ2v) is 7.64. The number of fused-ring (bicyclic) bond motifs is 1. The highest BCUT2D eigenvalue weighted by Crippen LogP contribution is 2.59. The van der Waals surface area contributed by atoms with Gasteiger partial charge in [0.2, 0.25) is 0 Å². The van der Waals surface area contributed by atoms with Crippen molar-refractivity contribution in [2.45, 2.75) is 59.0 Å². The lowest BCUT2D eigenvalue weighted by Crippen LogP contribution is -2.43. The zero-order valence-electron chi connectivity index (χ0n) is 14.1. The third kappa shape index (κ3) is 3.01. The van der Waals surface area contributed by atoms with Crippen molar-refractivity contribution >= 4 is 5.97 Å². The minimum Gasteiger partial charge on any atom is -0.481 e. The molecule has 124 valence electrons. The second-order valence-electron chi connectivity index (χ2n) is 7.64. The Morgan fingerprint density at radius 2 is 2.14 bits per heavy atom. The molecule has 2 rings (SSSR count). The standard InChI is InChI=1S/C19H30O3/c1-5-6-12(2)15-9-10-19(4)16(13(15)3)11-14(18(19)22)7-8-17(20)21/h5-6,13-16,18,22H,1,7-11H2,2-4H3,(H,20,21)/b12-6+/t13-,14+,15-,16+,18+,19+/m1/s1. The Hall–Kier alpha value is -1.09. The summed E-state index contributed by atoms with van der Waals surface area (Å²) in [6.45, 7) is 10.5. The van der Waals surface area contributed by atoms with Crippen molar-refractivity contribution in [3.8, 4) is 0 Å². The molecule has 0 aliphatic heterocycles. The van der Waals surface area contributed by atoms with Gasteiger partial charge in [-0.1, -0.05) is 38.2 Å². The normalized spacial score (nSPS) is 42.0. The molecule has 3 nitrogen and oxygen atoms in total. The van der Waals surface area contributed by atoms with Crippen LogP contribution in [0.5, 0.6) is 0 Å². The second kappa shape index (κ2) is 6.57. The fraction of sp³-hybridized carbons (Fsp3) is 0.737. The van der Waals surface area contributed by atoms with E-state index < -0.39 is 5.97 Å². The molecule has 6 atom stereocenters. The number of hydrogen-bond acceptors (Lipinski definition) is 2. The summed E-state index contributed by atoms with van der Waals surface area (Å²) in [7, 11) is 0.